The van der Waals surface area contributed by atoms with Crippen LogP contribution in [0.15, 0.2) is 24.4 Å². The van der Waals surface area contributed by atoms with Gasteiger partial charge in [-0.05, 0) is 24.4 Å². The van der Waals surface area contributed by atoms with Gasteiger partial charge in [-0.3, -0.25) is 4.98 Å². The van der Waals surface area contributed by atoms with Crippen molar-refractivity contribution in [3.63, 3.8) is 0 Å². The van der Waals surface area contributed by atoms with Crippen LogP contribution in [0.3, 0.4) is 0 Å². The van der Waals surface area contributed by atoms with E-state index in [1.807, 2.05) is 36.3 Å². The predicted octanol–water partition coefficient (Wildman–Crippen LogP) is 1.08. The van der Waals surface area contributed by atoms with Crippen LogP contribution >= 0.6 is 12.2 Å². The van der Waals surface area contributed by atoms with Gasteiger partial charge in [0.25, 0.3) is 0 Å². The second-order valence-electron chi connectivity index (χ2n) is 3.72. The van der Waals surface area contributed by atoms with Crippen LogP contribution in [0.2, 0.25) is 0 Å². The van der Waals surface area contributed by atoms with Crippen molar-refractivity contribution in [3.05, 3.63) is 30.1 Å². The van der Waals surface area contributed by atoms with E-state index in [9.17, 15) is 0 Å². The lowest BCUT2D eigenvalue weighted by Gasteiger charge is -2.20. The third kappa shape index (κ3) is 5.60. The summed E-state index contributed by atoms with van der Waals surface area (Å²) in [4.78, 5) is 6.29. The minimum absolute atomic E-state index is 0.661. The Bertz CT molecular complexity index is 332. The molecule has 0 aliphatic carbocycles. The molecule has 0 fully saturated rings. The summed E-state index contributed by atoms with van der Waals surface area (Å²) in [5.74, 6) is 0. The third-order valence-electron chi connectivity index (χ3n) is 2.36. The number of aromatic nitrogens is 1. The standard InChI is InChI=1S/C12H19N3OS/c1-15(12(17)14-8-10-16-2)9-6-11-5-3-4-7-13-11/h3-5,7H,6,8-10H2,1-2H3,(H,14,17). The zero-order valence-electron chi connectivity index (χ0n) is 10.3. The van der Waals surface area contributed by atoms with Crippen LogP contribution in [0.1, 0.15) is 5.69 Å². The normalized spacial score (nSPS) is 10.0. The Morgan fingerprint density at radius 2 is 2.35 bits per heavy atom. The van der Waals surface area contributed by atoms with E-state index < -0.39 is 0 Å². The van der Waals surface area contributed by atoms with Gasteiger partial charge in [0.05, 0.1) is 6.61 Å². The molecular weight excluding hydrogens is 234 g/mol. The molecule has 1 aromatic rings. The van der Waals surface area contributed by atoms with E-state index in [1.165, 1.54) is 0 Å². The van der Waals surface area contributed by atoms with Crippen molar-refractivity contribution in [2.75, 3.05) is 33.9 Å². The summed E-state index contributed by atoms with van der Waals surface area (Å²) in [5, 5.41) is 3.88. The molecule has 0 aliphatic rings. The maximum Gasteiger partial charge on any atom is 0.168 e. The van der Waals surface area contributed by atoms with Gasteiger partial charge in [0.2, 0.25) is 0 Å². The molecule has 94 valence electrons. The van der Waals surface area contributed by atoms with Gasteiger partial charge in [0.1, 0.15) is 0 Å². The number of hydrogen-bond acceptors (Lipinski definition) is 3. The monoisotopic (exact) mass is 253 g/mol. The Balaban J connectivity index is 2.24. The van der Waals surface area contributed by atoms with Gasteiger partial charge >= 0.3 is 0 Å². The SMILES string of the molecule is COCCNC(=S)N(C)CCc1ccccn1. The highest BCUT2D eigenvalue weighted by molar-refractivity contribution is 7.80. The van der Waals surface area contributed by atoms with Gasteiger partial charge in [-0.15, -0.1) is 0 Å². The Hall–Kier alpha value is -1.20. The first-order valence-electron chi connectivity index (χ1n) is 5.62. The lowest BCUT2D eigenvalue weighted by atomic mass is 10.2. The molecule has 1 N–H and O–H groups in total. The molecule has 1 heterocycles. The second-order valence-corrected chi connectivity index (χ2v) is 4.10. The molecule has 4 nitrogen and oxygen atoms in total. The molecule has 0 bridgehead atoms. The summed E-state index contributed by atoms with van der Waals surface area (Å²) in [5.41, 5.74) is 1.08. The lowest BCUT2D eigenvalue weighted by Crippen LogP contribution is -2.39. The van der Waals surface area contributed by atoms with Crippen molar-refractivity contribution in [2.45, 2.75) is 6.42 Å². The highest BCUT2D eigenvalue weighted by Gasteiger charge is 2.03. The van der Waals surface area contributed by atoms with E-state index in [0.717, 1.165) is 30.3 Å². The topological polar surface area (TPSA) is 37.4 Å². The Labute approximate surface area is 108 Å². The summed E-state index contributed by atoms with van der Waals surface area (Å²) in [6.07, 6.45) is 2.70. The number of rotatable bonds is 6. The number of ether oxygens (including phenoxy) is 1. The first-order valence-corrected chi connectivity index (χ1v) is 6.02. The lowest BCUT2D eigenvalue weighted by molar-refractivity contribution is 0.203. The molecule has 0 aromatic carbocycles. The molecule has 0 saturated carbocycles. The summed E-state index contributed by atoms with van der Waals surface area (Å²) in [7, 11) is 3.65. The molecule has 0 amide bonds. The molecule has 0 aliphatic heterocycles. The predicted molar refractivity (Wildman–Crippen MR) is 73.0 cm³/mol. The van der Waals surface area contributed by atoms with Gasteiger partial charge in [-0.25, -0.2) is 0 Å². The highest BCUT2D eigenvalue weighted by atomic mass is 32.1. The Kier molecular flexibility index (Phi) is 6.50. The zero-order valence-corrected chi connectivity index (χ0v) is 11.2. The van der Waals surface area contributed by atoms with Crippen molar-refractivity contribution >= 4 is 17.3 Å². The fourth-order valence-electron chi connectivity index (χ4n) is 1.32. The van der Waals surface area contributed by atoms with Crippen molar-refractivity contribution in [1.82, 2.24) is 15.2 Å². The van der Waals surface area contributed by atoms with Crippen molar-refractivity contribution in [2.24, 2.45) is 0 Å². The third-order valence-corrected chi connectivity index (χ3v) is 2.81. The number of thiocarbonyl (C=S) groups is 1. The van der Waals surface area contributed by atoms with Crippen LogP contribution in [0.5, 0.6) is 0 Å². The largest absolute Gasteiger partial charge is 0.383 e. The number of likely N-dealkylation sites (N-methyl/N-ethyl adjacent to an activating group) is 1. The van der Waals surface area contributed by atoms with Crippen LogP contribution in [0, 0.1) is 0 Å². The maximum atomic E-state index is 5.24. The number of hydrogen-bond donors (Lipinski definition) is 1. The van der Waals surface area contributed by atoms with Gasteiger partial charge in [0, 0.05) is 45.6 Å². The van der Waals surface area contributed by atoms with Crippen LogP contribution in [0.4, 0.5) is 0 Å². The zero-order chi connectivity index (χ0) is 12.5. The quantitative estimate of drug-likeness (QED) is 0.606. The average molecular weight is 253 g/mol. The molecular formula is C12H19N3OS. The fraction of sp³-hybridized carbons (Fsp3) is 0.500. The van der Waals surface area contributed by atoms with E-state index in [1.54, 1.807) is 7.11 Å². The molecule has 0 saturated heterocycles. The minimum atomic E-state index is 0.661. The summed E-state index contributed by atoms with van der Waals surface area (Å²) >= 11 is 5.24. The first-order chi connectivity index (χ1) is 8.24. The smallest absolute Gasteiger partial charge is 0.168 e. The van der Waals surface area contributed by atoms with E-state index in [2.05, 4.69) is 10.3 Å². The highest BCUT2D eigenvalue weighted by Crippen LogP contribution is 1.96. The fourth-order valence-corrected chi connectivity index (χ4v) is 1.52. The molecule has 1 rings (SSSR count). The molecule has 0 spiro atoms. The van der Waals surface area contributed by atoms with Gasteiger partial charge in [0.15, 0.2) is 5.11 Å². The number of nitrogens with zero attached hydrogens (tertiary/aromatic N) is 2. The summed E-state index contributed by atoms with van der Waals surface area (Å²) < 4.78 is 4.95. The van der Waals surface area contributed by atoms with Crippen molar-refractivity contribution in [3.8, 4) is 0 Å². The molecule has 1 aromatic heterocycles. The molecule has 5 heteroatoms. The van der Waals surface area contributed by atoms with Gasteiger partial charge in [-0.2, -0.15) is 0 Å². The molecule has 0 atom stereocenters. The molecule has 17 heavy (non-hydrogen) atoms. The second kappa shape index (κ2) is 7.97. The van der Waals surface area contributed by atoms with Crippen molar-refractivity contribution < 1.29 is 4.74 Å². The number of pyridine rings is 1. The van der Waals surface area contributed by atoms with Crippen LogP contribution in [-0.4, -0.2) is 48.9 Å². The van der Waals surface area contributed by atoms with Crippen LogP contribution in [0.25, 0.3) is 0 Å². The van der Waals surface area contributed by atoms with Crippen LogP contribution in [-0.2, 0) is 11.2 Å². The number of methoxy groups -OCH3 is 1. The van der Waals surface area contributed by atoms with Gasteiger partial charge < -0.3 is 15.0 Å². The van der Waals surface area contributed by atoms with Gasteiger partial charge in [-0.1, -0.05) is 6.07 Å². The molecule has 0 radical (unpaired) electrons. The average Bonchev–Trinajstić information content (AvgIpc) is 2.37. The Morgan fingerprint density at radius 3 is 3.00 bits per heavy atom. The van der Waals surface area contributed by atoms with E-state index >= 15 is 0 Å². The van der Waals surface area contributed by atoms with Crippen LogP contribution < -0.4 is 5.32 Å². The van der Waals surface area contributed by atoms with E-state index in [-0.39, 0.29) is 0 Å². The van der Waals surface area contributed by atoms with E-state index in [0.29, 0.717) is 6.61 Å². The summed E-state index contributed by atoms with van der Waals surface area (Å²) in [6, 6.07) is 5.94. The molecule has 0 unspecified atom stereocenters. The Morgan fingerprint density at radius 1 is 1.53 bits per heavy atom. The first kappa shape index (κ1) is 13.9. The minimum Gasteiger partial charge on any atom is -0.383 e. The van der Waals surface area contributed by atoms with Crippen molar-refractivity contribution in [1.29, 1.82) is 0 Å². The maximum absolute atomic E-state index is 5.24. The van der Waals surface area contributed by atoms with E-state index in [4.69, 9.17) is 17.0 Å². The summed E-state index contributed by atoms with van der Waals surface area (Å²) in [6.45, 7) is 2.26. The number of nitrogens with one attached hydrogen (secondary N) is 1.